The van der Waals surface area contributed by atoms with Gasteiger partial charge in [-0.3, -0.25) is 9.59 Å². The molecule has 0 aliphatic rings. The summed E-state index contributed by atoms with van der Waals surface area (Å²) in [7, 11) is 0. The maximum Gasteiger partial charge on any atom is 0.246 e. The highest BCUT2D eigenvalue weighted by molar-refractivity contribution is 5.95. The standard InChI is InChI=1S/C17H16F2N2O3/c1-11(20-10-22)17(23)21-16-7-6-14(8-15(16)19)24-9-12-2-4-13(18)5-3-12/h2-8,10-11H,9H2,1H3,(H,20,22)(H,21,23)/t11-/m1/s1. The van der Waals surface area contributed by atoms with Gasteiger partial charge in [0.1, 0.15) is 30.0 Å². The van der Waals surface area contributed by atoms with Crippen molar-refractivity contribution in [2.24, 2.45) is 0 Å². The minimum atomic E-state index is -0.781. The molecule has 0 heterocycles. The molecule has 1 atom stereocenters. The SMILES string of the molecule is C[C@@H](NC=O)C(=O)Nc1ccc(OCc2ccc(F)cc2)cc1F. The Morgan fingerprint density at radius 2 is 1.92 bits per heavy atom. The number of anilines is 1. The van der Waals surface area contributed by atoms with Crippen LogP contribution in [0.1, 0.15) is 12.5 Å². The molecule has 0 bridgehead atoms. The van der Waals surface area contributed by atoms with Gasteiger partial charge >= 0.3 is 0 Å². The van der Waals surface area contributed by atoms with Crippen molar-refractivity contribution in [1.29, 1.82) is 0 Å². The van der Waals surface area contributed by atoms with Crippen LogP contribution in [0.5, 0.6) is 5.75 Å². The Kier molecular flexibility index (Phi) is 5.83. The quantitative estimate of drug-likeness (QED) is 0.765. The van der Waals surface area contributed by atoms with Gasteiger partial charge in [0.25, 0.3) is 0 Å². The monoisotopic (exact) mass is 334 g/mol. The Balaban J connectivity index is 1.97. The molecule has 0 aliphatic heterocycles. The summed E-state index contributed by atoms with van der Waals surface area (Å²) in [6, 6.07) is 8.98. The van der Waals surface area contributed by atoms with E-state index >= 15 is 0 Å². The number of halogens is 2. The smallest absolute Gasteiger partial charge is 0.246 e. The minimum absolute atomic E-state index is 0.0197. The van der Waals surface area contributed by atoms with Gasteiger partial charge in [-0.25, -0.2) is 8.78 Å². The molecule has 24 heavy (non-hydrogen) atoms. The van der Waals surface area contributed by atoms with Gasteiger partial charge in [0.05, 0.1) is 5.69 Å². The average molecular weight is 334 g/mol. The number of carbonyl (C=O) groups is 2. The number of ether oxygens (including phenoxy) is 1. The number of amides is 2. The summed E-state index contributed by atoms with van der Waals surface area (Å²) in [5.74, 6) is -1.28. The van der Waals surface area contributed by atoms with Crippen LogP contribution in [0.2, 0.25) is 0 Å². The highest BCUT2D eigenvalue weighted by atomic mass is 19.1. The first-order valence-corrected chi connectivity index (χ1v) is 7.17. The Hall–Kier alpha value is -2.96. The van der Waals surface area contributed by atoms with E-state index in [-0.39, 0.29) is 23.9 Å². The molecule has 2 N–H and O–H groups in total. The molecule has 0 aliphatic carbocycles. The summed E-state index contributed by atoms with van der Waals surface area (Å²) in [5, 5.41) is 4.64. The minimum Gasteiger partial charge on any atom is -0.489 e. The van der Waals surface area contributed by atoms with E-state index < -0.39 is 17.8 Å². The molecule has 5 nitrogen and oxygen atoms in total. The number of hydrogen-bond acceptors (Lipinski definition) is 3. The van der Waals surface area contributed by atoms with Crippen LogP contribution >= 0.6 is 0 Å². The fourth-order valence-corrected chi connectivity index (χ4v) is 1.85. The van der Waals surface area contributed by atoms with Gasteiger partial charge < -0.3 is 15.4 Å². The second-order valence-corrected chi connectivity index (χ2v) is 5.05. The number of hydrogen-bond donors (Lipinski definition) is 2. The molecule has 2 rings (SSSR count). The first-order valence-electron chi connectivity index (χ1n) is 7.17. The van der Waals surface area contributed by atoms with Gasteiger partial charge in [-0.1, -0.05) is 12.1 Å². The van der Waals surface area contributed by atoms with Crippen molar-refractivity contribution in [2.45, 2.75) is 19.6 Å². The molecule has 0 fully saturated rings. The molecule has 2 aromatic rings. The molecule has 2 aromatic carbocycles. The Morgan fingerprint density at radius 1 is 1.21 bits per heavy atom. The lowest BCUT2D eigenvalue weighted by Crippen LogP contribution is -2.37. The van der Waals surface area contributed by atoms with Crippen molar-refractivity contribution in [3.63, 3.8) is 0 Å². The van der Waals surface area contributed by atoms with Crippen LogP contribution in [0.15, 0.2) is 42.5 Å². The summed E-state index contributed by atoms with van der Waals surface area (Å²) >= 11 is 0. The fraction of sp³-hybridized carbons (Fsp3) is 0.176. The van der Waals surface area contributed by atoms with Crippen LogP contribution in [-0.4, -0.2) is 18.4 Å². The van der Waals surface area contributed by atoms with E-state index in [2.05, 4.69) is 10.6 Å². The second-order valence-electron chi connectivity index (χ2n) is 5.05. The maximum atomic E-state index is 14.0. The van der Waals surface area contributed by atoms with Crippen LogP contribution in [0.4, 0.5) is 14.5 Å². The van der Waals surface area contributed by atoms with Crippen LogP contribution in [-0.2, 0) is 16.2 Å². The molecule has 7 heteroatoms. The second kappa shape index (κ2) is 8.05. The first-order chi connectivity index (χ1) is 11.5. The zero-order chi connectivity index (χ0) is 17.5. The van der Waals surface area contributed by atoms with E-state index in [4.69, 9.17) is 4.74 Å². The summed E-state index contributed by atoms with van der Waals surface area (Å²) in [6.45, 7) is 1.63. The first kappa shape index (κ1) is 17.4. The largest absolute Gasteiger partial charge is 0.489 e. The van der Waals surface area contributed by atoms with Crippen LogP contribution in [0.25, 0.3) is 0 Å². The molecular weight excluding hydrogens is 318 g/mol. The molecule has 126 valence electrons. The van der Waals surface area contributed by atoms with E-state index in [0.29, 0.717) is 6.41 Å². The van der Waals surface area contributed by atoms with Crippen molar-refractivity contribution in [1.82, 2.24) is 5.32 Å². The van der Waals surface area contributed by atoms with Crippen molar-refractivity contribution in [3.05, 3.63) is 59.7 Å². The van der Waals surface area contributed by atoms with E-state index in [0.717, 1.165) is 11.6 Å². The van der Waals surface area contributed by atoms with Crippen molar-refractivity contribution in [3.8, 4) is 5.75 Å². The molecule has 0 saturated carbocycles. The summed E-state index contributed by atoms with van der Waals surface area (Å²) in [6.07, 6.45) is 0.396. The van der Waals surface area contributed by atoms with E-state index in [1.165, 1.54) is 31.2 Å². The third-order valence-electron chi connectivity index (χ3n) is 3.23. The normalized spacial score (nSPS) is 11.5. The molecule has 2 amide bonds. The Labute approximate surface area is 137 Å². The van der Waals surface area contributed by atoms with Gasteiger partial charge in [-0.15, -0.1) is 0 Å². The third kappa shape index (κ3) is 4.77. The van der Waals surface area contributed by atoms with Gasteiger partial charge in [-0.05, 0) is 36.8 Å². The molecule has 0 radical (unpaired) electrons. The van der Waals surface area contributed by atoms with Gasteiger partial charge in [-0.2, -0.15) is 0 Å². The molecule has 0 aromatic heterocycles. The van der Waals surface area contributed by atoms with Gasteiger partial charge in [0.15, 0.2) is 0 Å². The topological polar surface area (TPSA) is 67.4 Å². The van der Waals surface area contributed by atoms with E-state index in [9.17, 15) is 18.4 Å². The van der Waals surface area contributed by atoms with Crippen LogP contribution < -0.4 is 15.4 Å². The molecule has 0 unspecified atom stereocenters. The van der Waals surface area contributed by atoms with Crippen LogP contribution in [0, 0.1) is 11.6 Å². The molecular formula is C17H16F2N2O3. The van der Waals surface area contributed by atoms with Crippen molar-refractivity contribution >= 4 is 18.0 Å². The number of nitrogens with one attached hydrogen (secondary N) is 2. The highest BCUT2D eigenvalue weighted by Gasteiger charge is 2.14. The lowest BCUT2D eigenvalue weighted by Gasteiger charge is -2.13. The maximum absolute atomic E-state index is 14.0. The number of rotatable bonds is 7. The highest BCUT2D eigenvalue weighted by Crippen LogP contribution is 2.21. The zero-order valence-corrected chi connectivity index (χ0v) is 12.9. The summed E-state index contributed by atoms with van der Waals surface area (Å²) < 4.78 is 32.2. The number of carbonyl (C=O) groups excluding carboxylic acids is 2. The lowest BCUT2D eigenvalue weighted by atomic mass is 10.2. The summed E-state index contributed by atoms with van der Waals surface area (Å²) in [5.41, 5.74) is 0.719. The predicted octanol–water partition coefficient (Wildman–Crippen LogP) is 2.62. The molecule has 0 saturated heterocycles. The van der Waals surface area contributed by atoms with Crippen LogP contribution in [0.3, 0.4) is 0 Å². The average Bonchev–Trinajstić information content (AvgIpc) is 2.56. The fourth-order valence-electron chi connectivity index (χ4n) is 1.85. The zero-order valence-electron chi connectivity index (χ0n) is 12.9. The van der Waals surface area contributed by atoms with Gasteiger partial charge in [0.2, 0.25) is 12.3 Å². The number of benzene rings is 2. The Morgan fingerprint density at radius 3 is 2.54 bits per heavy atom. The van der Waals surface area contributed by atoms with Crippen molar-refractivity contribution in [2.75, 3.05) is 5.32 Å². The molecule has 0 spiro atoms. The van der Waals surface area contributed by atoms with Gasteiger partial charge in [0, 0.05) is 6.07 Å². The third-order valence-corrected chi connectivity index (χ3v) is 3.23. The van der Waals surface area contributed by atoms with E-state index in [1.807, 2.05) is 0 Å². The van der Waals surface area contributed by atoms with Crippen molar-refractivity contribution < 1.29 is 23.1 Å². The Bertz CT molecular complexity index is 720. The van der Waals surface area contributed by atoms with E-state index in [1.54, 1.807) is 12.1 Å². The lowest BCUT2D eigenvalue weighted by molar-refractivity contribution is -0.120. The predicted molar refractivity (Wildman–Crippen MR) is 84.4 cm³/mol. The summed E-state index contributed by atoms with van der Waals surface area (Å²) in [4.78, 5) is 22.0.